The number of esters is 2. The molecular formula is C39H64O5. The zero-order chi connectivity index (χ0) is 32.2. The van der Waals surface area contributed by atoms with E-state index in [0.29, 0.717) is 12.8 Å². The van der Waals surface area contributed by atoms with Crippen LogP contribution in [0.2, 0.25) is 0 Å². The molecule has 0 rings (SSSR count). The molecule has 0 saturated carbocycles. The van der Waals surface area contributed by atoms with Gasteiger partial charge in [0.05, 0.1) is 0 Å². The van der Waals surface area contributed by atoms with Crippen molar-refractivity contribution in [3.05, 3.63) is 72.9 Å². The second-order valence-electron chi connectivity index (χ2n) is 11.3. The summed E-state index contributed by atoms with van der Waals surface area (Å²) in [6.07, 6.45) is 45.3. The fourth-order valence-corrected chi connectivity index (χ4v) is 4.35. The van der Waals surface area contributed by atoms with Crippen molar-refractivity contribution in [1.29, 1.82) is 0 Å². The van der Waals surface area contributed by atoms with Crippen molar-refractivity contribution < 1.29 is 24.2 Å². The third-order valence-corrected chi connectivity index (χ3v) is 6.97. The quantitative estimate of drug-likeness (QED) is 0.0496. The SMILES string of the molecule is CC/C=C\C/C=C\C/C=C\C/C=C\C/C=C\C/C=C\CCC(=O)OC[C@H](O)COC(=O)CCCCCCCCCCCCC. The van der Waals surface area contributed by atoms with Crippen molar-refractivity contribution in [1.82, 2.24) is 0 Å². The molecule has 5 heteroatoms. The van der Waals surface area contributed by atoms with Gasteiger partial charge in [0.15, 0.2) is 0 Å². The number of aliphatic hydroxyl groups excluding tert-OH is 1. The van der Waals surface area contributed by atoms with Crippen molar-refractivity contribution in [3.8, 4) is 0 Å². The van der Waals surface area contributed by atoms with Gasteiger partial charge in [-0.2, -0.15) is 0 Å². The molecule has 1 atom stereocenters. The molecule has 1 N–H and O–H groups in total. The van der Waals surface area contributed by atoms with Crippen molar-refractivity contribution in [3.63, 3.8) is 0 Å². The van der Waals surface area contributed by atoms with Crippen LogP contribution in [0.3, 0.4) is 0 Å². The number of allylic oxidation sites excluding steroid dienone is 12. The second-order valence-corrected chi connectivity index (χ2v) is 11.3. The summed E-state index contributed by atoms with van der Waals surface area (Å²) in [7, 11) is 0. The van der Waals surface area contributed by atoms with Crippen molar-refractivity contribution in [2.24, 2.45) is 0 Å². The van der Waals surface area contributed by atoms with Gasteiger partial charge in [0.2, 0.25) is 0 Å². The Labute approximate surface area is 270 Å². The Morgan fingerprint density at radius 1 is 0.500 bits per heavy atom. The molecule has 0 radical (unpaired) electrons. The Morgan fingerprint density at radius 2 is 0.864 bits per heavy atom. The summed E-state index contributed by atoms with van der Waals surface area (Å²) in [5, 5.41) is 9.95. The molecule has 0 aliphatic heterocycles. The minimum absolute atomic E-state index is 0.142. The van der Waals surface area contributed by atoms with Crippen LogP contribution in [0.1, 0.15) is 142 Å². The van der Waals surface area contributed by atoms with Crippen LogP contribution in [0.4, 0.5) is 0 Å². The van der Waals surface area contributed by atoms with E-state index in [1.165, 1.54) is 51.4 Å². The first kappa shape index (κ1) is 41.3. The lowest BCUT2D eigenvalue weighted by Gasteiger charge is -2.12. The predicted octanol–water partition coefficient (Wildman–Crippen LogP) is 10.6. The lowest BCUT2D eigenvalue weighted by atomic mass is 10.1. The molecule has 250 valence electrons. The Bertz CT molecular complexity index is 833. The zero-order valence-corrected chi connectivity index (χ0v) is 28.1. The summed E-state index contributed by atoms with van der Waals surface area (Å²) in [5.41, 5.74) is 0. The molecule has 0 spiro atoms. The first-order chi connectivity index (χ1) is 21.6. The Morgan fingerprint density at radius 3 is 1.30 bits per heavy atom. The number of hydrogen-bond donors (Lipinski definition) is 1. The molecule has 5 nitrogen and oxygen atoms in total. The van der Waals surface area contributed by atoms with E-state index in [4.69, 9.17) is 9.47 Å². The second kappa shape index (κ2) is 34.8. The summed E-state index contributed by atoms with van der Waals surface area (Å²) in [6, 6.07) is 0. The number of carbonyl (C=O) groups is 2. The van der Waals surface area contributed by atoms with Gasteiger partial charge < -0.3 is 14.6 Å². The molecule has 0 heterocycles. The minimum Gasteiger partial charge on any atom is -0.463 e. The van der Waals surface area contributed by atoms with Crippen LogP contribution in [0.5, 0.6) is 0 Å². The number of ether oxygens (including phenoxy) is 2. The number of hydrogen-bond acceptors (Lipinski definition) is 5. The van der Waals surface area contributed by atoms with Crippen molar-refractivity contribution >= 4 is 11.9 Å². The summed E-state index contributed by atoms with van der Waals surface area (Å²) in [5.74, 6) is -0.667. The standard InChI is InChI=1S/C39H64O5/c1-3-5-7-9-11-13-15-16-17-18-19-20-21-22-24-26-28-30-32-34-39(42)44-36-37(40)35-43-38(41)33-31-29-27-25-23-14-12-10-8-6-4-2/h5,7,11,13,16-17,19-20,22,24,28,30,37,40H,3-4,6,8-10,12,14-15,18,21,23,25-27,29,31-36H2,1-2H3/b7-5-,13-11-,17-16-,20-19-,24-22-,30-28-/t37-/m1/s1. The first-order valence-corrected chi connectivity index (χ1v) is 17.5. The van der Waals surface area contributed by atoms with E-state index in [0.717, 1.165) is 57.8 Å². The van der Waals surface area contributed by atoms with E-state index < -0.39 is 6.10 Å². The minimum atomic E-state index is -0.994. The van der Waals surface area contributed by atoms with Crippen LogP contribution in [0, 0.1) is 0 Å². The smallest absolute Gasteiger partial charge is 0.306 e. The predicted molar refractivity (Wildman–Crippen MR) is 186 cm³/mol. The first-order valence-electron chi connectivity index (χ1n) is 17.5. The van der Waals surface area contributed by atoms with Crippen molar-refractivity contribution in [2.45, 2.75) is 148 Å². The largest absolute Gasteiger partial charge is 0.463 e. The lowest BCUT2D eigenvalue weighted by molar-refractivity contribution is -0.152. The molecular weight excluding hydrogens is 548 g/mol. The number of unbranched alkanes of at least 4 members (excludes halogenated alkanes) is 10. The van der Waals surface area contributed by atoms with Gasteiger partial charge in [-0.3, -0.25) is 9.59 Å². The molecule has 0 bridgehead atoms. The fraction of sp³-hybridized carbons (Fsp3) is 0.641. The highest BCUT2D eigenvalue weighted by molar-refractivity contribution is 5.70. The molecule has 0 amide bonds. The van der Waals surface area contributed by atoms with E-state index in [9.17, 15) is 14.7 Å². The van der Waals surface area contributed by atoms with Crippen LogP contribution in [-0.4, -0.2) is 36.4 Å². The summed E-state index contributed by atoms with van der Waals surface area (Å²) < 4.78 is 10.2. The topological polar surface area (TPSA) is 72.8 Å². The van der Waals surface area contributed by atoms with Gasteiger partial charge in [-0.15, -0.1) is 0 Å². The normalized spacial score (nSPS) is 13.1. The maximum Gasteiger partial charge on any atom is 0.306 e. The van der Waals surface area contributed by atoms with Gasteiger partial charge in [0, 0.05) is 12.8 Å². The zero-order valence-electron chi connectivity index (χ0n) is 28.1. The van der Waals surface area contributed by atoms with Crippen molar-refractivity contribution in [2.75, 3.05) is 13.2 Å². The molecule has 0 saturated heterocycles. The summed E-state index contributed by atoms with van der Waals surface area (Å²) >= 11 is 0. The maximum absolute atomic E-state index is 11.9. The average molecular weight is 613 g/mol. The van der Waals surface area contributed by atoms with E-state index in [2.05, 4.69) is 74.6 Å². The average Bonchev–Trinajstić information content (AvgIpc) is 3.02. The molecule has 0 aromatic heterocycles. The third kappa shape index (κ3) is 33.8. The molecule has 0 aromatic rings. The lowest BCUT2D eigenvalue weighted by Crippen LogP contribution is -2.25. The Balaban J connectivity index is 3.63. The monoisotopic (exact) mass is 612 g/mol. The van der Waals surface area contributed by atoms with E-state index >= 15 is 0 Å². The van der Waals surface area contributed by atoms with E-state index in [-0.39, 0.29) is 31.6 Å². The summed E-state index contributed by atoms with van der Waals surface area (Å²) in [6.45, 7) is 4.09. The molecule has 0 fully saturated rings. The maximum atomic E-state index is 11.9. The highest BCUT2D eigenvalue weighted by Crippen LogP contribution is 2.12. The molecule has 44 heavy (non-hydrogen) atoms. The van der Waals surface area contributed by atoms with Crippen LogP contribution < -0.4 is 0 Å². The Kier molecular flexibility index (Phi) is 32.7. The number of carbonyl (C=O) groups excluding carboxylic acids is 2. The van der Waals surface area contributed by atoms with E-state index in [1.807, 2.05) is 12.2 Å². The van der Waals surface area contributed by atoms with Gasteiger partial charge in [-0.1, -0.05) is 151 Å². The van der Waals surface area contributed by atoms with Gasteiger partial charge in [-0.05, 0) is 51.4 Å². The van der Waals surface area contributed by atoms with Gasteiger partial charge in [0.1, 0.15) is 19.3 Å². The van der Waals surface area contributed by atoms with Gasteiger partial charge in [-0.25, -0.2) is 0 Å². The fourth-order valence-electron chi connectivity index (χ4n) is 4.35. The molecule has 0 aliphatic carbocycles. The summed E-state index contributed by atoms with van der Waals surface area (Å²) in [4.78, 5) is 23.8. The van der Waals surface area contributed by atoms with E-state index in [1.54, 1.807) is 0 Å². The molecule has 0 aromatic carbocycles. The number of rotatable bonds is 30. The Hall–Kier alpha value is -2.66. The molecule has 0 aliphatic rings. The van der Waals surface area contributed by atoms with Gasteiger partial charge >= 0.3 is 11.9 Å². The van der Waals surface area contributed by atoms with Crippen LogP contribution >= 0.6 is 0 Å². The van der Waals surface area contributed by atoms with Crippen LogP contribution in [-0.2, 0) is 19.1 Å². The number of aliphatic hydroxyl groups is 1. The van der Waals surface area contributed by atoms with Crippen LogP contribution in [0.25, 0.3) is 0 Å². The highest BCUT2D eigenvalue weighted by atomic mass is 16.6. The van der Waals surface area contributed by atoms with Crippen LogP contribution in [0.15, 0.2) is 72.9 Å². The highest BCUT2D eigenvalue weighted by Gasteiger charge is 2.11. The molecule has 0 unspecified atom stereocenters. The van der Waals surface area contributed by atoms with Gasteiger partial charge in [0.25, 0.3) is 0 Å². The third-order valence-electron chi connectivity index (χ3n) is 6.97.